The quantitative estimate of drug-likeness (QED) is 0.266. The lowest BCUT2D eigenvalue weighted by atomic mass is 9.98. The number of piperidine rings is 1. The summed E-state index contributed by atoms with van der Waals surface area (Å²) in [7, 11) is -3.45. The molecule has 0 amide bonds. The Balaban J connectivity index is 0.00000336. The fourth-order valence-corrected chi connectivity index (χ4v) is 6.82. The molecule has 38 heavy (non-hydrogen) atoms. The maximum absolute atomic E-state index is 12.9. The molecule has 0 spiro atoms. The van der Waals surface area contributed by atoms with Gasteiger partial charge in [-0.05, 0) is 78.5 Å². The first-order chi connectivity index (χ1) is 17.8. The molecule has 5 N–H and O–H groups in total. The number of benzene rings is 3. The van der Waals surface area contributed by atoms with E-state index in [9.17, 15) is 13.5 Å². The van der Waals surface area contributed by atoms with Crippen molar-refractivity contribution in [2.75, 3.05) is 32.8 Å². The molecule has 0 radical (unpaired) electrons. The zero-order valence-corrected chi connectivity index (χ0v) is 23.7. The van der Waals surface area contributed by atoms with Crippen LogP contribution in [-0.2, 0) is 10.0 Å². The highest BCUT2D eigenvalue weighted by Gasteiger charge is 2.29. The van der Waals surface area contributed by atoms with Gasteiger partial charge in [-0.25, -0.2) is 8.42 Å². The van der Waals surface area contributed by atoms with Crippen LogP contribution in [0.1, 0.15) is 18.4 Å². The number of rotatable bonds is 9. The SMILES string of the molecule is Cc1ccc(S(=O)(=O)N2CCC(CNCC(O)COc3ccc(Br)c4[nH]c5ccccc5c34)CC2)cc1.O. The highest BCUT2D eigenvalue weighted by molar-refractivity contribution is 9.10. The molecular formula is C28H34BrN3O5S. The van der Waals surface area contributed by atoms with E-state index in [1.807, 2.05) is 49.4 Å². The first-order valence-corrected chi connectivity index (χ1v) is 14.8. The Morgan fingerprint density at radius 2 is 1.82 bits per heavy atom. The molecule has 3 aromatic carbocycles. The van der Waals surface area contributed by atoms with Crippen molar-refractivity contribution in [3.05, 3.63) is 70.7 Å². The van der Waals surface area contributed by atoms with E-state index < -0.39 is 16.1 Å². The predicted molar refractivity (Wildman–Crippen MR) is 154 cm³/mol. The number of hydrogen-bond donors (Lipinski definition) is 3. The molecule has 204 valence electrons. The van der Waals surface area contributed by atoms with E-state index in [2.05, 4.69) is 32.3 Å². The van der Waals surface area contributed by atoms with E-state index in [1.165, 1.54) is 0 Å². The summed E-state index contributed by atoms with van der Waals surface area (Å²) < 4.78 is 34.4. The molecule has 8 nitrogen and oxygen atoms in total. The van der Waals surface area contributed by atoms with Gasteiger partial charge in [0, 0.05) is 35.0 Å². The molecule has 1 saturated heterocycles. The summed E-state index contributed by atoms with van der Waals surface area (Å²) in [6.07, 6.45) is 0.926. The van der Waals surface area contributed by atoms with Crippen LogP contribution in [0.2, 0.25) is 0 Å². The second-order valence-corrected chi connectivity index (χ2v) is 12.5. The molecule has 0 bridgehead atoms. The molecule has 1 atom stereocenters. The van der Waals surface area contributed by atoms with E-state index in [1.54, 1.807) is 16.4 Å². The van der Waals surface area contributed by atoms with Crippen LogP contribution < -0.4 is 10.1 Å². The van der Waals surface area contributed by atoms with Gasteiger partial charge in [-0.1, -0.05) is 35.9 Å². The summed E-state index contributed by atoms with van der Waals surface area (Å²) in [5.41, 5.74) is 3.05. The molecule has 4 aromatic rings. The number of nitrogens with zero attached hydrogens (tertiary/aromatic N) is 1. The predicted octanol–water partition coefficient (Wildman–Crippen LogP) is 4.00. The molecule has 5 rings (SSSR count). The number of aliphatic hydroxyl groups excluding tert-OH is 1. The number of aromatic nitrogens is 1. The fourth-order valence-electron chi connectivity index (χ4n) is 4.92. The van der Waals surface area contributed by atoms with Crippen LogP contribution in [0, 0.1) is 12.8 Å². The van der Waals surface area contributed by atoms with E-state index in [4.69, 9.17) is 4.74 Å². The number of sulfonamides is 1. The number of hydrogen-bond acceptors (Lipinski definition) is 5. The average molecular weight is 605 g/mol. The van der Waals surface area contributed by atoms with Gasteiger partial charge >= 0.3 is 0 Å². The van der Waals surface area contributed by atoms with E-state index >= 15 is 0 Å². The van der Waals surface area contributed by atoms with Crippen LogP contribution in [0.5, 0.6) is 5.75 Å². The molecule has 0 aliphatic carbocycles. The molecule has 1 aromatic heterocycles. The number of fused-ring (bicyclic) bond motifs is 3. The lowest BCUT2D eigenvalue weighted by Crippen LogP contribution is -2.42. The molecule has 1 fully saturated rings. The Kier molecular flexibility index (Phi) is 9.12. The maximum Gasteiger partial charge on any atom is 0.243 e. The molecule has 1 aliphatic heterocycles. The molecule has 0 saturated carbocycles. The zero-order chi connectivity index (χ0) is 26.0. The number of aliphatic hydroxyl groups is 1. The molecule has 1 unspecified atom stereocenters. The molecular weight excluding hydrogens is 570 g/mol. The van der Waals surface area contributed by atoms with Crippen molar-refractivity contribution in [3.63, 3.8) is 0 Å². The highest BCUT2D eigenvalue weighted by Crippen LogP contribution is 2.37. The molecule has 2 heterocycles. The Morgan fingerprint density at radius 3 is 2.55 bits per heavy atom. The summed E-state index contributed by atoms with van der Waals surface area (Å²) in [6, 6.07) is 19.0. The minimum Gasteiger partial charge on any atom is -0.490 e. The van der Waals surface area contributed by atoms with Gasteiger partial charge in [-0.15, -0.1) is 0 Å². The van der Waals surface area contributed by atoms with Crippen molar-refractivity contribution in [3.8, 4) is 5.75 Å². The second kappa shape index (κ2) is 12.1. The average Bonchev–Trinajstić information content (AvgIpc) is 3.30. The molecule has 10 heteroatoms. The third-order valence-electron chi connectivity index (χ3n) is 7.05. The van der Waals surface area contributed by atoms with Crippen LogP contribution in [0.4, 0.5) is 0 Å². The van der Waals surface area contributed by atoms with Crippen molar-refractivity contribution in [2.45, 2.75) is 30.8 Å². The smallest absolute Gasteiger partial charge is 0.243 e. The number of aromatic amines is 1. The standard InChI is InChI=1S/C28H32BrN3O4S.H2O/c1-19-6-8-22(9-7-19)37(34,35)32-14-12-20(13-15-32)16-30-17-21(33)18-36-26-11-10-24(29)28-27(26)23-4-2-3-5-25(23)31-28;/h2-11,20-21,30-31,33H,12-18H2,1H3;1H2. The van der Waals surface area contributed by atoms with Crippen LogP contribution in [0.25, 0.3) is 21.8 Å². The van der Waals surface area contributed by atoms with Crippen molar-refractivity contribution >= 4 is 47.8 Å². The van der Waals surface area contributed by atoms with Gasteiger partial charge < -0.3 is 25.6 Å². The second-order valence-electron chi connectivity index (χ2n) is 9.75. The summed E-state index contributed by atoms with van der Waals surface area (Å²) in [4.78, 5) is 3.78. The summed E-state index contributed by atoms with van der Waals surface area (Å²) in [5, 5.41) is 16.0. The van der Waals surface area contributed by atoms with Crippen molar-refractivity contribution in [2.24, 2.45) is 5.92 Å². The Labute approximate surface area is 231 Å². The zero-order valence-electron chi connectivity index (χ0n) is 21.3. The Bertz CT molecular complexity index is 1480. The van der Waals surface area contributed by atoms with Gasteiger partial charge in [-0.3, -0.25) is 0 Å². The number of halogens is 1. The van der Waals surface area contributed by atoms with Gasteiger partial charge in [0.05, 0.1) is 15.8 Å². The van der Waals surface area contributed by atoms with Gasteiger partial charge in [-0.2, -0.15) is 4.31 Å². The largest absolute Gasteiger partial charge is 0.490 e. The van der Waals surface area contributed by atoms with E-state index in [-0.39, 0.29) is 12.1 Å². The fraction of sp³-hybridized carbons (Fsp3) is 0.357. The number of ether oxygens (including phenoxy) is 1. The van der Waals surface area contributed by atoms with Crippen LogP contribution in [0.3, 0.4) is 0 Å². The van der Waals surface area contributed by atoms with Crippen molar-refractivity contribution < 1.29 is 23.7 Å². The van der Waals surface area contributed by atoms with Gasteiger partial charge in [0.15, 0.2) is 0 Å². The van der Waals surface area contributed by atoms with Crippen LogP contribution in [0.15, 0.2) is 70.0 Å². The third-order valence-corrected chi connectivity index (χ3v) is 9.62. The normalized spacial score (nSPS) is 16.0. The van der Waals surface area contributed by atoms with Crippen LogP contribution >= 0.6 is 15.9 Å². The van der Waals surface area contributed by atoms with E-state index in [0.29, 0.717) is 30.4 Å². The minimum atomic E-state index is -3.45. The van der Waals surface area contributed by atoms with Gasteiger partial charge in [0.2, 0.25) is 10.0 Å². The minimum absolute atomic E-state index is 0. The summed E-state index contributed by atoms with van der Waals surface area (Å²) >= 11 is 3.61. The first-order valence-electron chi connectivity index (χ1n) is 12.6. The van der Waals surface area contributed by atoms with Gasteiger partial charge in [0.25, 0.3) is 0 Å². The van der Waals surface area contributed by atoms with Crippen molar-refractivity contribution in [1.29, 1.82) is 0 Å². The van der Waals surface area contributed by atoms with Crippen LogP contribution in [-0.4, -0.2) is 67.2 Å². The monoisotopic (exact) mass is 603 g/mol. The van der Waals surface area contributed by atoms with E-state index in [0.717, 1.165) is 57.0 Å². The number of aryl methyl sites for hydroxylation is 1. The Hall–Kier alpha value is -2.47. The topological polar surface area (TPSA) is 126 Å². The Morgan fingerprint density at radius 1 is 1.11 bits per heavy atom. The lowest BCUT2D eigenvalue weighted by molar-refractivity contribution is 0.105. The first kappa shape index (κ1) is 28.5. The van der Waals surface area contributed by atoms with Crippen molar-refractivity contribution in [1.82, 2.24) is 14.6 Å². The maximum atomic E-state index is 12.9. The number of nitrogens with one attached hydrogen (secondary N) is 2. The lowest BCUT2D eigenvalue weighted by Gasteiger charge is -2.31. The third kappa shape index (κ3) is 6.06. The highest BCUT2D eigenvalue weighted by atomic mass is 79.9. The summed E-state index contributed by atoms with van der Waals surface area (Å²) in [6.45, 7) is 4.30. The number of para-hydroxylation sites is 1. The summed E-state index contributed by atoms with van der Waals surface area (Å²) in [5.74, 6) is 1.10. The molecule has 1 aliphatic rings. The number of H-pyrrole nitrogens is 1. The van der Waals surface area contributed by atoms with Gasteiger partial charge in [0.1, 0.15) is 18.5 Å².